The number of Topliss-reactive ketones (excluding diaryl/α,β-unsaturated/α-hetero) is 1. The van der Waals surface area contributed by atoms with E-state index in [1.54, 1.807) is 32.9 Å². The Bertz CT molecular complexity index is 1990. The van der Waals surface area contributed by atoms with Crippen LogP contribution in [0.25, 0.3) is 0 Å². The Kier molecular flexibility index (Phi) is 28.3. The van der Waals surface area contributed by atoms with Crippen molar-refractivity contribution in [3.63, 3.8) is 0 Å². The second-order valence-electron chi connectivity index (χ2n) is 19.2. The molecule has 0 rings (SSSR count). The molecule has 416 valence electrons. The van der Waals surface area contributed by atoms with Crippen molar-refractivity contribution in [1.29, 1.82) is 0 Å². The van der Waals surface area contributed by atoms with E-state index >= 15 is 0 Å². The third-order valence-corrected chi connectivity index (χ3v) is 12.6. The van der Waals surface area contributed by atoms with Gasteiger partial charge in [-0.3, -0.25) is 52.7 Å². The number of likely N-dealkylation sites (N-methyl/N-ethyl adjacent to an activating group) is 5. The standard InChI is InChI=1S/C48H85N11O14/c1-18-19-20-25(3)38(63)37(43(68)54-36(34(12)62)48(73)55(13)22-26(4)61)59(17)47(72)33(11)57(15)45(70)30(8)53-42(67)35(21-24(2)23-60)58(16)46(71)31(9)52-40(65)28(6)50-41(66)32(10)56(14)44(69)29(7)51-39(64)27(5)49/h18-19,24-25,27-38,60,62-63H,20-23,49H2,1-17H3,(H,50,66)(H,51,64)(H,52,65)(H,53,67)(H,54,68)/b19-18+/t24?,25-,27-,28+,29+,30+,31-,32+,33+,34-,35+,36+,37+,38-/m1/s1. The number of nitrogens with two attached hydrogens (primary N) is 1. The van der Waals surface area contributed by atoms with Crippen LogP contribution in [-0.2, 0) is 52.7 Å². The van der Waals surface area contributed by atoms with Gasteiger partial charge in [-0.05, 0) is 93.9 Å². The number of nitrogens with one attached hydrogen (secondary N) is 5. The number of carbonyl (C=O) groups excluding carboxylic acids is 11. The van der Waals surface area contributed by atoms with Crippen LogP contribution in [0, 0.1) is 11.8 Å². The lowest BCUT2D eigenvalue weighted by molar-refractivity contribution is -0.152. The summed E-state index contributed by atoms with van der Waals surface area (Å²) in [6.07, 6.45) is 0.662. The smallest absolute Gasteiger partial charge is 0.247 e. The molecule has 10 N–H and O–H groups in total. The normalized spacial score (nSPS) is 17.1. The fourth-order valence-electron chi connectivity index (χ4n) is 7.34. The summed E-state index contributed by atoms with van der Waals surface area (Å²) in [5.74, 6) is -9.24. The summed E-state index contributed by atoms with van der Waals surface area (Å²) >= 11 is 0. The molecule has 0 aliphatic carbocycles. The van der Waals surface area contributed by atoms with E-state index in [1.807, 2.05) is 0 Å². The molecular weight excluding hydrogens is 955 g/mol. The van der Waals surface area contributed by atoms with Gasteiger partial charge < -0.3 is 72.1 Å². The van der Waals surface area contributed by atoms with Gasteiger partial charge in [-0.1, -0.05) is 26.0 Å². The minimum atomic E-state index is -1.66. The first kappa shape index (κ1) is 67.0. The highest BCUT2D eigenvalue weighted by Gasteiger charge is 2.42. The van der Waals surface area contributed by atoms with Gasteiger partial charge in [-0.15, -0.1) is 0 Å². The van der Waals surface area contributed by atoms with Crippen LogP contribution in [0.15, 0.2) is 12.2 Å². The van der Waals surface area contributed by atoms with Crippen molar-refractivity contribution >= 4 is 64.9 Å². The van der Waals surface area contributed by atoms with Crippen LogP contribution in [0.4, 0.5) is 0 Å². The number of nitrogens with zero attached hydrogens (tertiary/aromatic N) is 5. The minimum absolute atomic E-state index is 0.0986. The largest absolute Gasteiger partial charge is 0.396 e. The zero-order valence-corrected chi connectivity index (χ0v) is 45.7. The lowest BCUT2D eigenvalue weighted by atomic mass is 9.92. The molecule has 25 nitrogen and oxygen atoms in total. The predicted octanol–water partition coefficient (Wildman–Crippen LogP) is -3.41. The van der Waals surface area contributed by atoms with Gasteiger partial charge in [-0.2, -0.15) is 0 Å². The summed E-state index contributed by atoms with van der Waals surface area (Å²) in [5, 5.41) is 44.4. The zero-order valence-electron chi connectivity index (χ0n) is 45.7. The molecule has 1 unspecified atom stereocenters. The van der Waals surface area contributed by atoms with E-state index in [0.717, 1.165) is 24.5 Å². The average molecular weight is 1040 g/mol. The number of amides is 10. The van der Waals surface area contributed by atoms with E-state index in [-0.39, 0.29) is 31.8 Å². The molecule has 0 saturated carbocycles. The highest BCUT2D eigenvalue weighted by Crippen LogP contribution is 2.20. The Morgan fingerprint density at radius 1 is 0.548 bits per heavy atom. The number of ketones is 1. The van der Waals surface area contributed by atoms with Gasteiger partial charge in [-0.25, -0.2) is 0 Å². The number of hydrogen-bond donors (Lipinski definition) is 9. The van der Waals surface area contributed by atoms with E-state index in [4.69, 9.17) is 5.73 Å². The van der Waals surface area contributed by atoms with E-state index in [1.165, 1.54) is 97.6 Å². The first-order chi connectivity index (χ1) is 33.6. The van der Waals surface area contributed by atoms with Crippen molar-refractivity contribution in [2.75, 3.05) is 48.4 Å². The molecule has 0 radical (unpaired) electrons. The van der Waals surface area contributed by atoms with Crippen molar-refractivity contribution in [1.82, 2.24) is 51.1 Å². The van der Waals surface area contributed by atoms with Gasteiger partial charge >= 0.3 is 0 Å². The molecule has 0 aromatic carbocycles. The third kappa shape index (κ3) is 20.1. The second kappa shape index (κ2) is 30.9. The Balaban J connectivity index is 6.28. The highest BCUT2D eigenvalue weighted by molar-refractivity contribution is 5.98. The van der Waals surface area contributed by atoms with E-state index in [9.17, 15) is 68.1 Å². The summed E-state index contributed by atoms with van der Waals surface area (Å²) in [5.41, 5.74) is 5.55. The number of hydrogen-bond acceptors (Lipinski definition) is 15. The van der Waals surface area contributed by atoms with Crippen LogP contribution >= 0.6 is 0 Å². The van der Waals surface area contributed by atoms with Crippen molar-refractivity contribution in [3.8, 4) is 0 Å². The Morgan fingerprint density at radius 2 is 1.00 bits per heavy atom. The highest BCUT2D eigenvalue weighted by atomic mass is 16.3. The molecule has 0 heterocycles. The Morgan fingerprint density at radius 3 is 1.45 bits per heavy atom. The van der Waals surface area contributed by atoms with Crippen LogP contribution in [0.3, 0.4) is 0 Å². The van der Waals surface area contributed by atoms with Crippen LogP contribution < -0.4 is 32.3 Å². The monoisotopic (exact) mass is 1040 g/mol. The number of allylic oxidation sites excluding steroid dienone is 2. The lowest BCUT2D eigenvalue weighted by Crippen LogP contribution is -2.63. The van der Waals surface area contributed by atoms with Gasteiger partial charge in [0.05, 0.1) is 24.8 Å². The summed E-state index contributed by atoms with van der Waals surface area (Å²) < 4.78 is 0. The summed E-state index contributed by atoms with van der Waals surface area (Å²) in [7, 11) is 6.43. The number of carbonyl (C=O) groups is 11. The molecule has 0 spiro atoms. The molecule has 10 amide bonds. The predicted molar refractivity (Wildman–Crippen MR) is 269 cm³/mol. The first-order valence-corrected chi connectivity index (χ1v) is 24.3. The van der Waals surface area contributed by atoms with E-state index < -0.39 is 144 Å². The molecule has 0 aromatic rings. The maximum atomic E-state index is 14.1. The number of aliphatic hydroxyl groups excluding tert-OH is 3. The fraction of sp³-hybridized carbons (Fsp3) is 0.729. The fourth-order valence-corrected chi connectivity index (χ4v) is 7.34. The Labute approximate surface area is 429 Å². The number of rotatable bonds is 29. The maximum absolute atomic E-state index is 14.1. The molecule has 14 atom stereocenters. The average Bonchev–Trinajstić information content (AvgIpc) is 3.32. The SMILES string of the molecule is C/C=C/C[C@@H](C)[C@@H](O)[C@@H](C(=O)N[C@H](C(=O)N(C)CC(C)=O)[C@@H](C)O)N(C)C(=O)[C@H](C)N(C)C(=O)[C@H](C)NC(=O)[C@H](CC(C)CO)N(C)C(=O)[C@@H](C)NC(=O)[C@H](C)NC(=O)[C@H](C)N(C)C(=O)[C@H](C)NC(=O)[C@@H](C)N. The van der Waals surface area contributed by atoms with Crippen molar-refractivity contribution < 1.29 is 68.1 Å². The van der Waals surface area contributed by atoms with Gasteiger partial charge in [0.1, 0.15) is 60.2 Å². The molecule has 73 heavy (non-hydrogen) atoms. The molecular formula is C48H85N11O14. The van der Waals surface area contributed by atoms with Crippen molar-refractivity contribution in [2.24, 2.45) is 17.6 Å². The molecule has 0 aliphatic heterocycles. The molecule has 0 fully saturated rings. The molecule has 0 saturated heterocycles. The van der Waals surface area contributed by atoms with Gasteiger partial charge in [0, 0.05) is 41.8 Å². The summed E-state index contributed by atoms with van der Waals surface area (Å²) in [6.45, 7) is 16.5. The topological polar surface area (TPSA) is 351 Å². The van der Waals surface area contributed by atoms with Crippen LogP contribution in [0.5, 0.6) is 0 Å². The van der Waals surface area contributed by atoms with Gasteiger partial charge in [0.25, 0.3) is 0 Å². The summed E-state index contributed by atoms with van der Waals surface area (Å²) in [6, 6.07) is -12.7. The quantitative estimate of drug-likeness (QED) is 0.0330. The minimum Gasteiger partial charge on any atom is -0.396 e. The van der Waals surface area contributed by atoms with E-state index in [0.29, 0.717) is 0 Å². The van der Waals surface area contributed by atoms with Crippen LogP contribution in [-0.4, -0.2) is 226 Å². The van der Waals surface area contributed by atoms with E-state index in [2.05, 4.69) is 26.6 Å². The van der Waals surface area contributed by atoms with Crippen molar-refractivity contribution in [2.45, 2.75) is 169 Å². The molecule has 25 heteroatoms. The van der Waals surface area contributed by atoms with Crippen LogP contribution in [0.2, 0.25) is 0 Å². The zero-order chi connectivity index (χ0) is 57.1. The molecule has 0 bridgehead atoms. The second-order valence-corrected chi connectivity index (χ2v) is 19.2. The van der Waals surface area contributed by atoms with Crippen LogP contribution in [0.1, 0.15) is 95.9 Å². The first-order valence-electron chi connectivity index (χ1n) is 24.3. The Hall–Kier alpha value is -6.05. The lowest BCUT2D eigenvalue weighted by Gasteiger charge is -2.38. The molecule has 0 aliphatic rings. The maximum Gasteiger partial charge on any atom is 0.247 e. The third-order valence-electron chi connectivity index (χ3n) is 12.6. The number of aliphatic hydroxyl groups is 3. The van der Waals surface area contributed by atoms with Gasteiger partial charge in [0.15, 0.2) is 0 Å². The van der Waals surface area contributed by atoms with Gasteiger partial charge in [0.2, 0.25) is 59.1 Å². The molecule has 0 aromatic heterocycles. The summed E-state index contributed by atoms with van der Waals surface area (Å²) in [4.78, 5) is 151. The van der Waals surface area contributed by atoms with Crippen molar-refractivity contribution in [3.05, 3.63) is 12.2 Å².